The number of halogens is 2. The molecule has 1 rings (SSSR count). The second-order valence-corrected chi connectivity index (χ2v) is 6.61. The van der Waals surface area contributed by atoms with Crippen molar-refractivity contribution >= 4 is 40.9 Å². The minimum absolute atomic E-state index is 0.204. The molecule has 1 aromatic rings. The van der Waals surface area contributed by atoms with Crippen LogP contribution in [0.3, 0.4) is 0 Å². The zero-order valence-electron chi connectivity index (χ0n) is 6.19. The molecule has 0 aliphatic heterocycles. The highest BCUT2D eigenvalue weighted by atomic mass is 35.5. The second-order valence-electron chi connectivity index (χ2n) is 2.16. The Morgan fingerprint density at radius 2 is 1.77 bits per heavy atom. The smallest absolute Gasteiger partial charge is 0.289 e. The van der Waals surface area contributed by atoms with E-state index in [1.54, 1.807) is 12.1 Å². The van der Waals surface area contributed by atoms with Crippen molar-refractivity contribution in [2.24, 2.45) is 0 Å². The van der Waals surface area contributed by atoms with E-state index in [9.17, 15) is 0 Å². The molecule has 0 aliphatic rings. The van der Waals surface area contributed by atoms with Crippen molar-refractivity contribution in [3.63, 3.8) is 0 Å². The Morgan fingerprint density at radius 1 is 1.15 bits per heavy atom. The van der Waals surface area contributed by atoms with Gasteiger partial charge in [0.2, 0.25) is 0 Å². The van der Waals surface area contributed by atoms with Crippen LogP contribution in [0.25, 0.3) is 0 Å². The van der Waals surface area contributed by atoms with Crippen LogP contribution >= 0.6 is 29.9 Å². The molecule has 13 heavy (non-hydrogen) atoms. The van der Waals surface area contributed by atoms with Crippen LogP contribution in [-0.2, 0) is 10.9 Å². The van der Waals surface area contributed by atoms with Crippen LogP contribution in [0.1, 0.15) is 0 Å². The van der Waals surface area contributed by atoms with Gasteiger partial charge in [-0.15, -0.1) is 0 Å². The lowest BCUT2D eigenvalue weighted by Crippen LogP contribution is -1.82. The Bertz CT molecular complexity index is 368. The molecular weight excluding hydrogens is 254 g/mol. The SMILES string of the molecule is OP(O)(O)=[S+]c1cccc(Cl)c1Cl. The molecule has 72 valence electrons. The van der Waals surface area contributed by atoms with Crippen molar-refractivity contribution < 1.29 is 14.7 Å². The van der Waals surface area contributed by atoms with Crippen molar-refractivity contribution in [3.8, 4) is 0 Å². The highest BCUT2D eigenvalue weighted by molar-refractivity contribution is 8.16. The summed E-state index contributed by atoms with van der Waals surface area (Å²) in [5.41, 5.74) is 0. The van der Waals surface area contributed by atoms with Gasteiger partial charge in [-0.3, -0.25) is 14.7 Å². The number of benzene rings is 1. The number of rotatable bonds is 1. The van der Waals surface area contributed by atoms with Crippen LogP contribution in [0.15, 0.2) is 23.1 Å². The van der Waals surface area contributed by atoms with E-state index in [2.05, 4.69) is 0 Å². The van der Waals surface area contributed by atoms with Gasteiger partial charge in [0.1, 0.15) is 5.02 Å². The summed E-state index contributed by atoms with van der Waals surface area (Å²) in [7, 11) is 0.503. The average Bonchev–Trinajstić information content (AvgIpc) is 1.96. The molecule has 0 unspecified atom stereocenters. The Hall–Kier alpha value is 0.330. The highest BCUT2D eigenvalue weighted by Gasteiger charge is 2.24. The van der Waals surface area contributed by atoms with Gasteiger partial charge < -0.3 is 0 Å². The van der Waals surface area contributed by atoms with Gasteiger partial charge in [-0.25, -0.2) is 0 Å². The number of hydrogen-bond acceptors (Lipinski definition) is 0. The van der Waals surface area contributed by atoms with E-state index in [-0.39, 0.29) is 5.02 Å². The van der Waals surface area contributed by atoms with E-state index in [1.807, 2.05) is 0 Å². The largest absolute Gasteiger partial charge is 0.521 e. The Balaban J connectivity index is 3.25. The van der Waals surface area contributed by atoms with E-state index in [4.69, 9.17) is 37.9 Å². The first kappa shape index (κ1) is 11.4. The maximum atomic E-state index is 8.77. The van der Waals surface area contributed by atoms with Gasteiger partial charge in [-0.1, -0.05) is 29.3 Å². The summed E-state index contributed by atoms with van der Waals surface area (Å²) in [6.07, 6.45) is 0. The summed E-state index contributed by atoms with van der Waals surface area (Å²) in [4.78, 5) is 26.7. The third kappa shape index (κ3) is 3.52. The molecule has 3 nitrogen and oxygen atoms in total. The first-order chi connectivity index (χ1) is 5.90. The molecule has 0 heterocycles. The predicted molar refractivity (Wildman–Crippen MR) is 55.7 cm³/mol. The topological polar surface area (TPSA) is 60.7 Å². The quantitative estimate of drug-likeness (QED) is 0.535. The summed E-state index contributed by atoms with van der Waals surface area (Å²) in [5.74, 6) is 0. The molecule has 0 fully saturated rings. The number of hydrogen-bond donors (Lipinski definition) is 3. The van der Waals surface area contributed by atoms with Crippen LogP contribution < -0.4 is 0 Å². The van der Waals surface area contributed by atoms with Gasteiger partial charge in [0.05, 0.1) is 5.02 Å². The van der Waals surface area contributed by atoms with Gasteiger partial charge in [0.15, 0.2) is 0 Å². The molecule has 0 atom stereocenters. The third-order valence-corrected chi connectivity index (χ3v) is 4.17. The van der Waals surface area contributed by atoms with E-state index >= 15 is 0 Å². The fourth-order valence-corrected chi connectivity index (χ4v) is 3.16. The van der Waals surface area contributed by atoms with Gasteiger partial charge in [0, 0.05) is 6.07 Å². The lowest BCUT2D eigenvalue weighted by molar-refractivity contribution is 0.363. The van der Waals surface area contributed by atoms with Gasteiger partial charge >= 0.3 is 6.72 Å². The Kier molecular flexibility index (Phi) is 3.72. The zero-order valence-corrected chi connectivity index (χ0v) is 9.41. The summed E-state index contributed by atoms with van der Waals surface area (Å²) in [6, 6.07) is 4.71. The van der Waals surface area contributed by atoms with Crippen LogP contribution in [0.4, 0.5) is 0 Å². The molecule has 0 amide bonds. The molecular formula is C6H6Cl2O3PS+. The van der Waals surface area contributed by atoms with Gasteiger partial charge in [-0.05, 0) is 6.07 Å². The average molecular weight is 260 g/mol. The van der Waals surface area contributed by atoms with Crippen molar-refractivity contribution in [1.29, 1.82) is 0 Å². The standard InChI is InChI=1S/C6H6Cl2O3PS/c7-4-2-1-3-5(6(4)8)13-12(9,10)11/h1-3,9-11H/q+1. The molecule has 0 bridgehead atoms. The maximum absolute atomic E-state index is 8.77. The first-order valence-electron chi connectivity index (χ1n) is 3.11. The molecule has 0 aliphatic carbocycles. The molecule has 0 spiro atoms. The fraction of sp³-hybridized carbons (Fsp3) is 0. The van der Waals surface area contributed by atoms with E-state index in [1.165, 1.54) is 6.07 Å². The Labute approximate surface area is 88.8 Å². The third-order valence-electron chi connectivity index (χ3n) is 1.14. The normalized spacial score (nSPS) is 11.5. The van der Waals surface area contributed by atoms with Crippen molar-refractivity contribution in [3.05, 3.63) is 28.2 Å². The summed E-state index contributed by atoms with van der Waals surface area (Å²) in [5, 5.41) is 0.510. The molecule has 1 aromatic carbocycles. The predicted octanol–water partition coefficient (Wildman–Crippen LogP) is 2.09. The Morgan fingerprint density at radius 3 is 2.31 bits per heavy atom. The van der Waals surface area contributed by atoms with Gasteiger partial charge in [0.25, 0.3) is 15.8 Å². The van der Waals surface area contributed by atoms with E-state index in [0.717, 1.165) is 0 Å². The summed E-state index contributed by atoms with van der Waals surface area (Å²) in [6.45, 7) is -3.91. The van der Waals surface area contributed by atoms with Crippen LogP contribution in [0.2, 0.25) is 10.0 Å². The van der Waals surface area contributed by atoms with Crippen LogP contribution in [0, 0.1) is 0 Å². The molecule has 0 aromatic heterocycles. The molecule has 0 saturated heterocycles. The summed E-state index contributed by atoms with van der Waals surface area (Å²) < 4.78 is 0. The van der Waals surface area contributed by atoms with Crippen molar-refractivity contribution in [2.45, 2.75) is 4.90 Å². The van der Waals surface area contributed by atoms with Crippen LogP contribution in [0.5, 0.6) is 0 Å². The lowest BCUT2D eigenvalue weighted by atomic mass is 10.4. The molecule has 7 heteroatoms. The fourth-order valence-electron chi connectivity index (χ4n) is 0.686. The summed E-state index contributed by atoms with van der Waals surface area (Å²) >= 11 is 11.4. The minimum Gasteiger partial charge on any atom is -0.289 e. The molecule has 3 N–H and O–H groups in total. The monoisotopic (exact) mass is 259 g/mol. The first-order valence-corrected chi connectivity index (χ1v) is 6.93. The van der Waals surface area contributed by atoms with Crippen LogP contribution in [-0.4, -0.2) is 14.7 Å². The second kappa shape index (κ2) is 4.24. The maximum Gasteiger partial charge on any atom is 0.521 e. The van der Waals surface area contributed by atoms with Crippen molar-refractivity contribution in [1.82, 2.24) is 0 Å². The van der Waals surface area contributed by atoms with Gasteiger partial charge in [-0.2, -0.15) is 0 Å². The van der Waals surface area contributed by atoms with E-state index < -0.39 is 6.72 Å². The van der Waals surface area contributed by atoms with Crippen molar-refractivity contribution in [2.75, 3.05) is 0 Å². The highest BCUT2D eigenvalue weighted by Crippen LogP contribution is 2.36. The minimum atomic E-state index is -3.91. The lowest BCUT2D eigenvalue weighted by Gasteiger charge is -1.92. The zero-order chi connectivity index (χ0) is 10.1. The molecule has 0 radical (unpaired) electrons. The van der Waals surface area contributed by atoms with E-state index in [0.29, 0.717) is 20.9 Å². The molecule has 0 saturated carbocycles.